The maximum atomic E-state index is 11.7. The standard InChI is InChI=1S/C15H18O4/c1-9(2)12-10(15(14(16)17)6-3-7-15)4-5-11-13(12)19-8-18-11/h4-5,9H,3,6-8H2,1-2H3,(H,16,17). The van der Waals surface area contributed by atoms with Crippen molar-refractivity contribution in [1.82, 2.24) is 0 Å². The maximum Gasteiger partial charge on any atom is 0.314 e. The lowest BCUT2D eigenvalue weighted by atomic mass is 9.62. The molecule has 0 atom stereocenters. The topological polar surface area (TPSA) is 55.8 Å². The van der Waals surface area contributed by atoms with E-state index in [9.17, 15) is 9.90 Å². The lowest BCUT2D eigenvalue weighted by Gasteiger charge is -2.40. The molecule has 1 fully saturated rings. The number of hydrogen-bond donors (Lipinski definition) is 1. The predicted molar refractivity (Wildman–Crippen MR) is 69.8 cm³/mol. The van der Waals surface area contributed by atoms with Crippen LogP contribution in [0.3, 0.4) is 0 Å². The average Bonchev–Trinajstić information content (AvgIpc) is 2.73. The summed E-state index contributed by atoms with van der Waals surface area (Å²) in [5.74, 6) is 0.954. The summed E-state index contributed by atoms with van der Waals surface area (Å²) >= 11 is 0. The van der Waals surface area contributed by atoms with Gasteiger partial charge in [0.15, 0.2) is 11.5 Å². The SMILES string of the molecule is CC(C)c1c(C2(C(=O)O)CCC2)ccc2c1OCO2. The van der Waals surface area contributed by atoms with Crippen molar-refractivity contribution < 1.29 is 19.4 Å². The smallest absolute Gasteiger partial charge is 0.314 e. The minimum Gasteiger partial charge on any atom is -0.481 e. The van der Waals surface area contributed by atoms with E-state index in [4.69, 9.17) is 9.47 Å². The van der Waals surface area contributed by atoms with Crippen LogP contribution < -0.4 is 9.47 Å². The second-order valence-electron chi connectivity index (χ2n) is 5.66. The Bertz CT molecular complexity index is 529. The number of carboxylic acids is 1. The molecule has 1 aromatic carbocycles. The molecular formula is C15H18O4. The van der Waals surface area contributed by atoms with E-state index in [1.54, 1.807) is 0 Å². The van der Waals surface area contributed by atoms with Gasteiger partial charge in [0, 0.05) is 5.56 Å². The zero-order valence-electron chi connectivity index (χ0n) is 11.2. The summed E-state index contributed by atoms with van der Waals surface area (Å²) in [5.41, 5.74) is 1.18. The number of fused-ring (bicyclic) bond motifs is 1. The first-order valence-electron chi connectivity index (χ1n) is 6.72. The van der Waals surface area contributed by atoms with Crippen LogP contribution in [0.1, 0.15) is 50.2 Å². The Morgan fingerprint density at radius 3 is 2.58 bits per heavy atom. The van der Waals surface area contributed by atoms with Crippen molar-refractivity contribution in [2.45, 2.75) is 44.4 Å². The van der Waals surface area contributed by atoms with Crippen LogP contribution in [0.4, 0.5) is 0 Å². The summed E-state index contributed by atoms with van der Waals surface area (Å²) in [6.45, 7) is 4.35. The fourth-order valence-corrected chi connectivity index (χ4v) is 3.11. The molecule has 0 unspecified atom stereocenters. The van der Waals surface area contributed by atoms with Crippen LogP contribution in [-0.2, 0) is 10.2 Å². The third-order valence-electron chi connectivity index (χ3n) is 4.29. The van der Waals surface area contributed by atoms with Gasteiger partial charge in [0.1, 0.15) is 0 Å². The van der Waals surface area contributed by atoms with Crippen LogP contribution in [-0.4, -0.2) is 17.9 Å². The third-order valence-corrected chi connectivity index (χ3v) is 4.29. The van der Waals surface area contributed by atoms with Crippen LogP contribution in [0, 0.1) is 0 Å². The highest BCUT2D eigenvalue weighted by molar-refractivity contribution is 5.84. The van der Waals surface area contributed by atoms with Gasteiger partial charge in [-0.1, -0.05) is 26.3 Å². The van der Waals surface area contributed by atoms with Crippen molar-refractivity contribution in [2.24, 2.45) is 0 Å². The van der Waals surface area contributed by atoms with Crippen LogP contribution in [0.25, 0.3) is 0 Å². The average molecular weight is 262 g/mol. The molecule has 0 radical (unpaired) electrons. The summed E-state index contributed by atoms with van der Waals surface area (Å²) in [6.07, 6.45) is 2.39. The van der Waals surface area contributed by atoms with Gasteiger partial charge in [-0.15, -0.1) is 0 Å². The van der Waals surface area contributed by atoms with Crippen molar-refractivity contribution in [3.63, 3.8) is 0 Å². The van der Waals surface area contributed by atoms with E-state index < -0.39 is 11.4 Å². The van der Waals surface area contributed by atoms with E-state index >= 15 is 0 Å². The first-order valence-corrected chi connectivity index (χ1v) is 6.72. The summed E-state index contributed by atoms with van der Waals surface area (Å²) in [7, 11) is 0. The Labute approximate surface area is 112 Å². The predicted octanol–water partition coefficient (Wildman–Crippen LogP) is 3.05. The molecule has 0 aromatic heterocycles. The van der Waals surface area contributed by atoms with E-state index in [1.165, 1.54) is 0 Å². The fraction of sp³-hybridized carbons (Fsp3) is 0.533. The number of carboxylic acid groups (broad SMARTS) is 1. The number of benzene rings is 1. The molecule has 0 saturated heterocycles. The summed E-state index contributed by atoms with van der Waals surface area (Å²) in [4.78, 5) is 11.7. The second-order valence-corrected chi connectivity index (χ2v) is 5.66. The van der Waals surface area contributed by atoms with Crippen LogP contribution in [0.2, 0.25) is 0 Å². The van der Waals surface area contributed by atoms with Crippen molar-refractivity contribution in [3.8, 4) is 11.5 Å². The fourth-order valence-electron chi connectivity index (χ4n) is 3.11. The van der Waals surface area contributed by atoms with Gasteiger partial charge >= 0.3 is 5.97 Å². The quantitative estimate of drug-likeness (QED) is 0.909. The molecule has 1 aliphatic heterocycles. The number of rotatable bonds is 3. The summed E-state index contributed by atoms with van der Waals surface area (Å²) in [5, 5.41) is 9.62. The van der Waals surface area contributed by atoms with Crippen LogP contribution >= 0.6 is 0 Å². The van der Waals surface area contributed by atoms with Gasteiger partial charge < -0.3 is 14.6 Å². The van der Waals surface area contributed by atoms with E-state index in [0.717, 1.165) is 29.0 Å². The zero-order chi connectivity index (χ0) is 13.6. The van der Waals surface area contributed by atoms with Gasteiger partial charge in [-0.05, 0) is 30.4 Å². The molecule has 4 nitrogen and oxygen atoms in total. The van der Waals surface area contributed by atoms with Gasteiger partial charge in [-0.2, -0.15) is 0 Å². The normalized spacial score (nSPS) is 19.3. The van der Waals surface area contributed by atoms with E-state index in [0.29, 0.717) is 12.8 Å². The van der Waals surface area contributed by atoms with Gasteiger partial charge in [-0.25, -0.2) is 0 Å². The minimum atomic E-state index is -0.723. The highest BCUT2D eigenvalue weighted by atomic mass is 16.7. The molecule has 1 aromatic rings. The lowest BCUT2D eigenvalue weighted by molar-refractivity contribution is -0.147. The van der Waals surface area contributed by atoms with Crippen molar-refractivity contribution in [2.75, 3.05) is 6.79 Å². The zero-order valence-corrected chi connectivity index (χ0v) is 11.2. The number of aliphatic carboxylic acids is 1. The largest absolute Gasteiger partial charge is 0.481 e. The molecule has 0 spiro atoms. The molecule has 0 amide bonds. The van der Waals surface area contributed by atoms with Crippen molar-refractivity contribution in [3.05, 3.63) is 23.3 Å². The first-order chi connectivity index (χ1) is 9.06. The number of carbonyl (C=O) groups is 1. The Morgan fingerprint density at radius 2 is 2.05 bits per heavy atom. The van der Waals surface area contributed by atoms with Gasteiger partial charge in [0.2, 0.25) is 6.79 Å². The Hall–Kier alpha value is -1.71. The molecule has 19 heavy (non-hydrogen) atoms. The molecule has 1 saturated carbocycles. The molecule has 2 aliphatic rings. The summed E-state index contributed by atoms with van der Waals surface area (Å²) in [6, 6.07) is 3.75. The van der Waals surface area contributed by atoms with E-state index in [-0.39, 0.29) is 12.7 Å². The van der Waals surface area contributed by atoms with Gasteiger partial charge in [0.05, 0.1) is 5.41 Å². The highest BCUT2D eigenvalue weighted by Gasteiger charge is 2.48. The number of ether oxygens (including phenoxy) is 2. The van der Waals surface area contributed by atoms with Gasteiger partial charge in [-0.3, -0.25) is 4.79 Å². The molecule has 1 aliphatic carbocycles. The number of hydrogen-bond acceptors (Lipinski definition) is 3. The maximum absolute atomic E-state index is 11.7. The van der Waals surface area contributed by atoms with Gasteiger partial charge in [0.25, 0.3) is 0 Å². The van der Waals surface area contributed by atoms with Crippen LogP contribution in [0.15, 0.2) is 12.1 Å². The first kappa shape index (κ1) is 12.3. The molecule has 1 N–H and O–H groups in total. The summed E-state index contributed by atoms with van der Waals surface area (Å²) < 4.78 is 11.0. The Balaban J connectivity index is 2.19. The Kier molecular flexibility index (Phi) is 2.69. The van der Waals surface area contributed by atoms with E-state index in [1.807, 2.05) is 12.1 Å². The molecule has 102 valence electrons. The molecule has 4 heteroatoms. The van der Waals surface area contributed by atoms with Crippen molar-refractivity contribution >= 4 is 5.97 Å². The van der Waals surface area contributed by atoms with Crippen molar-refractivity contribution in [1.29, 1.82) is 0 Å². The molecule has 3 rings (SSSR count). The monoisotopic (exact) mass is 262 g/mol. The Morgan fingerprint density at radius 1 is 1.32 bits per heavy atom. The molecule has 1 heterocycles. The highest BCUT2D eigenvalue weighted by Crippen LogP contribution is 2.51. The lowest BCUT2D eigenvalue weighted by Crippen LogP contribution is -2.43. The third kappa shape index (κ3) is 1.62. The van der Waals surface area contributed by atoms with Crippen LogP contribution in [0.5, 0.6) is 11.5 Å². The second kappa shape index (κ2) is 4.15. The van der Waals surface area contributed by atoms with E-state index in [2.05, 4.69) is 13.8 Å². The minimum absolute atomic E-state index is 0.212. The molecule has 0 bridgehead atoms. The molecular weight excluding hydrogens is 244 g/mol.